The number of piperidine rings is 1. The summed E-state index contributed by atoms with van der Waals surface area (Å²) in [5, 5.41) is 2.81. The zero-order chi connectivity index (χ0) is 26.7. The fourth-order valence-corrected chi connectivity index (χ4v) is 6.13. The number of hydrogen-bond donors (Lipinski definition) is 1. The van der Waals surface area contributed by atoms with Crippen molar-refractivity contribution in [2.75, 3.05) is 5.75 Å². The topological polar surface area (TPSA) is 83.6 Å². The average Bonchev–Trinajstić information content (AvgIpc) is 3.79. The number of benzene rings is 2. The van der Waals surface area contributed by atoms with Crippen molar-refractivity contribution in [3.63, 3.8) is 0 Å². The average molecular weight is 539 g/mol. The zero-order valence-corrected chi connectivity index (χ0v) is 20.8. The molecule has 6 nitrogen and oxygen atoms in total. The molecule has 198 valence electrons. The number of hydrogen-bond acceptors (Lipinski definition) is 4. The third-order valence-corrected chi connectivity index (χ3v) is 9.25. The third-order valence-electron chi connectivity index (χ3n) is 7.52. The number of nitrogens with one attached hydrogen (secondary N) is 1. The Morgan fingerprint density at radius 2 is 1.84 bits per heavy atom. The van der Waals surface area contributed by atoms with Gasteiger partial charge in [0.1, 0.15) is 11.9 Å². The lowest BCUT2D eigenvalue weighted by Crippen LogP contribution is -2.49. The van der Waals surface area contributed by atoms with Crippen LogP contribution in [-0.4, -0.2) is 43.0 Å². The molecule has 1 heterocycles. The number of fused-ring (bicyclic) bond motifs is 1. The monoisotopic (exact) mass is 538 g/mol. The minimum atomic E-state index is -4.68. The Kier molecular flexibility index (Phi) is 6.32. The summed E-state index contributed by atoms with van der Waals surface area (Å²) in [6, 6.07) is 6.26. The molecule has 0 aromatic heterocycles. The number of sulfone groups is 1. The molecule has 4 atom stereocenters. The Hall–Kier alpha value is -2.95. The van der Waals surface area contributed by atoms with Crippen LogP contribution >= 0.6 is 0 Å². The van der Waals surface area contributed by atoms with Crippen LogP contribution in [0.1, 0.15) is 60.1 Å². The lowest BCUT2D eigenvalue weighted by atomic mass is 9.99. The number of nitrogens with zero attached hydrogens (tertiary/aromatic N) is 1. The van der Waals surface area contributed by atoms with Gasteiger partial charge in [-0.1, -0.05) is 19.1 Å². The van der Waals surface area contributed by atoms with E-state index in [2.05, 4.69) is 5.32 Å². The summed E-state index contributed by atoms with van der Waals surface area (Å²) in [6.07, 6.45) is -2.13. The fraction of sp³-hybridized carbons (Fsp3) is 0.462. The van der Waals surface area contributed by atoms with E-state index in [1.165, 1.54) is 36.1 Å². The molecular formula is C26H26F4N2O4S. The van der Waals surface area contributed by atoms with E-state index < -0.39 is 51.3 Å². The first-order chi connectivity index (χ1) is 17.4. The molecule has 37 heavy (non-hydrogen) atoms. The normalized spacial score (nSPS) is 23.9. The SMILES string of the molecule is CCS(=O)(=O)c1cccc(C(=O)N2C(C(=O)NC(c3ccc(C(F)(F)F)cc3F)C3CC3)C[C@H]3C[C@H]32)c1. The van der Waals surface area contributed by atoms with Crippen molar-refractivity contribution < 1.29 is 35.6 Å². The predicted molar refractivity (Wildman–Crippen MR) is 126 cm³/mol. The van der Waals surface area contributed by atoms with Crippen LogP contribution < -0.4 is 5.32 Å². The third kappa shape index (κ3) is 4.97. The molecule has 2 unspecified atom stereocenters. The highest BCUT2D eigenvalue weighted by Crippen LogP contribution is 2.49. The quantitative estimate of drug-likeness (QED) is 0.526. The van der Waals surface area contributed by atoms with Crippen LogP contribution in [0.15, 0.2) is 47.4 Å². The molecule has 2 saturated carbocycles. The van der Waals surface area contributed by atoms with Gasteiger partial charge in [-0.25, -0.2) is 12.8 Å². The minimum absolute atomic E-state index is 0.0117. The molecular weight excluding hydrogens is 512 g/mol. The van der Waals surface area contributed by atoms with E-state index in [0.29, 0.717) is 25.3 Å². The van der Waals surface area contributed by atoms with Crippen molar-refractivity contribution in [3.05, 3.63) is 65.0 Å². The molecule has 11 heteroatoms. The van der Waals surface area contributed by atoms with Gasteiger partial charge in [0.15, 0.2) is 9.84 Å². The second-order valence-electron chi connectivity index (χ2n) is 10.0. The number of alkyl halides is 3. The summed E-state index contributed by atoms with van der Waals surface area (Å²) in [7, 11) is -3.53. The highest BCUT2D eigenvalue weighted by molar-refractivity contribution is 7.91. The van der Waals surface area contributed by atoms with E-state index in [-0.39, 0.29) is 39.7 Å². The van der Waals surface area contributed by atoms with E-state index in [1.807, 2.05) is 0 Å². The van der Waals surface area contributed by atoms with E-state index in [9.17, 15) is 35.6 Å². The molecule has 2 aliphatic carbocycles. The van der Waals surface area contributed by atoms with Gasteiger partial charge >= 0.3 is 6.18 Å². The molecule has 5 rings (SSSR count). The summed E-state index contributed by atoms with van der Waals surface area (Å²) in [6.45, 7) is 1.51. The number of amides is 2. The van der Waals surface area contributed by atoms with Crippen molar-refractivity contribution >= 4 is 21.7 Å². The van der Waals surface area contributed by atoms with Crippen LogP contribution in [-0.2, 0) is 20.8 Å². The second-order valence-corrected chi connectivity index (χ2v) is 12.3. The minimum Gasteiger partial charge on any atom is -0.347 e. The molecule has 0 spiro atoms. The van der Waals surface area contributed by atoms with Crippen LogP contribution in [0, 0.1) is 17.7 Å². The fourth-order valence-electron chi connectivity index (χ4n) is 5.21. The molecule has 2 aromatic rings. The molecule has 1 N–H and O–H groups in total. The number of carbonyl (C=O) groups is 2. The summed E-state index contributed by atoms with van der Waals surface area (Å²) < 4.78 is 78.3. The van der Waals surface area contributed by atoms with E-state index >= 15 is 0 Å². The summed E-state index contributed by atoms with van der Waals surface area (Å²) in [5.41, 5.74) is -0.954. The maximum atomic E-state index is 14.7. The lowest BCUT2D eigenvalue weighted by Gasteiger charge is -2.29. The number of carbonyl (C=O) groups excluding carboxylic acids is 2. The van der Waals surface area contributed by atoms with Gasteiger partial charge in [-0.05, 0) is 67.9 Å². The molecule has 3 aliphatic rings. The smallest absolute Gasteiger partial charge is 0.347 e. The van der Waals surface area contributed by atoms with Crippen molar-refractivity contribution in [1.29, 1.82) is 0 Å². The molecule has 2 aromatic carbocycles. The summed E-state index contributed by atoms with van der Waals surface area (Å²) in [5.74, 6) is -2.07. The van der Waals surface area contributed by atoms with Crippen LogP contribution in [0.2, 0.25) is 0 Å². The van der Waals surface area contributed by atoms with E-state index in [0.717, 1.165) is 18.6 Å². The van der Waals surface area contributed by atoms with Gasteiger partial charge in [0.25, 0.3) is 5.91 Å². The van der Waals surface area contributed by atoms with Crippen LogP contribution in [0.3, 0.4) is 0 Å². The van der Waals surface area contributed by atoms with E-state index in [1.54, 1.807) is 0 Å². The molecule has 0 bridgehead atoms. The van der Waals surface area contributed by atoms with E-state index in [4.69, 9.17) is 0 Å². The van der Waals surface area contributed by atoms with Gasteiger partial charge in [0.05, 0.1) is 22.3 Å². The Morgan fingerprint density at radius 1 is 1.11 bits per heavy atom. The number of rotatable bonds is 7. The van der Waals surface area contributed by atoms with Gasteiger partial charge in [-0.2, -0.15) is 13.2 Å². The molecule has 0 radical (unpaired) electrons. The lowest BCUT2D eigenvalue weighted by molar-refractivity contribution is -0.137. The van der Waals surface area contributed by atoms with Crippen LogP contribution in [0.4, 0.5) is 17.6 Å². The maximum absolute atomic E-state index is 14.7. The largest absolute Gasteiger partial charge is 0.416 e. The predicted octanol–water partition coefficient (Wildman–Crippen LogP) is 4.51. The summed E-state index contributed by atoms with van der Waals surface area (Å²) in [4.78, 5) is 28.3. The Labute approximate surface area is 212 Å². The first-order valence-electron chi connectivity index (χ1n) is 12.2. The number of halogens is 4. The van der Waals surface area contributed by atoms with Crippen LogP contribution in [0.25, 0.3) is 0 Å². The van der Waals surface area contributed by atoms with Gasteiger partial charge in [-0.15, -0.1) is 0 Å². The molecule has 1 saturated heterocycles. The molecule has 1 aliphatic heterocycles. The first kappa shape index (κ1) is 25.7. The standard InChI is InChI=1S/C26H26F4N2O4S/c1-2-37(35,36)18-5-3-4-15(10-18)25(34)32-21-11-16(21)12-22(32)24(33)31-23(14-6-7-14)19-9-8-17(13-20(19)27)26(28,29)30/h3-5,8-10,13-14,16,21-23H,2,6-7,11-12H2,1H3,(H,31,33)/t16-,21-,22?,23?/m1/s1. The Morgan fingerprint density at radius 3 is 2.46 bits per heavy atom. The van der Waals surface area contributed by atoms with Gasteiger partial charge < -0.3 is 10.2 Å². The Balaban J connectivity index is 1.38. The van der Waals surface area contributed by atoms with Gasteiger partial charge in [-0.3, -0.25) is 9.59 Å². The van der Waals surface area contributed by atoms with Crippen molar-refractivity contribution in [2.45, 2.75) is 61.8 Å². The zero-order valence-electron chi connectivity index (χ0n) is 20.0. The summed E-state index contributed by atoms with van der Waals surface area (Å²) >= 11 is 0. The van der Waals surface area contributed by atoms with Gasteiger partial charge in [0.2, 0.25) is 5.91 Å². The highest BCUT2D eigenvalue weighted by Gasteiger charge is 2.56. The Bertz CT molecular complexity index is 1360. The highest BCUT2D eigenvalue weighted by atomic mass is 32.2. The van der Waals surface area contributed by atoms with Gasteiger partial charge in [0, 0.05) is 17.2 Å². The maximum Gasteiger partial charge on any atom is 0.416 e. The van der Waals surface area contributed by atoms with Crippen molar-refractivity contribution in [2.24, 2.45) is 11.8 Å². The van der Waals surface area contributed by atoms with Crippen LogP contribution in [0.5, 0.6) is 0 Å². The molecule has 2 amide bonds. The first-order valence-corrected chi connectivity index (χ1v) is 13.9. The molecule has 3 fully saturated rings. The second kappa shape index (κ2) is 9.11. The number of likely N-dealkylation sites (tertiary alicyclic amines) is 1. The van der Waals surface area contributed by atoms with Crippen molar-refractivity contribution in [1.82, 2.24) is 10.2 Å². The van der Waals surface area contributed by atoms with Crippen molar-refractivity contribution in [3.8, 4) is 0 Å².